The highest BCUT2D eigenvalue weighted by molar-refractivity contribution is 6.07. The van der Waals surface area contributed by atoms with Gasteiger partial charge in [0.25, 0.3) is 5.91 Å². The maximum Gasteiger partial charge on any atom is 0.255 e. The summed E-state index contributed by atoms with van der Waals surface area (Å²) in [5.41, 5.74) is 11.7. The number of anilines is 2. The monoisotopic (exact) mass is 317 g/mol. The summed E-state index contributed by atoms with van der Waals surface area (Å²) in [6.07, 6.45) is 4.29. The number of aryl methyl sites for hydroxylation is 1. The van der Waals surface area contributed by atoms with E-state index in [0.29, 0.717) is 5.56 Å². The molecule has 0 atom stereocenters. The molecule has 4 nitrogen and oxygen atoms in total. The van der Waals surface area contributed by atoms with Gasteiger partial charge in [-0.25, -0.2) is 0 Å². The Balaban J connectivity index is 1.72. The van der Waals surface area contributed by atoms with E-state index in [9.17, 15) is 4.79 Å². The number of rotatable bonds is 2. The molecule has 0 unspecified atom stereocenters. The Kier molecular flexibility index (Phi) is 3.65. The molecule has 24 heavy (non-hydrogen) atoms. The van der Waals surface area contributed by atoms with Crippen LogP contribution in [0.5, 0.6) is 0 Å². The zero-order valence-corrected chi connectivity index (χ0v) is 13.4. The van der Waals surface area contributed by atoms with Crippen molar-refractivity contribution in [2.75, 3.05) is 11.1 Å². The lowest BCUT2D eigenvalue weighted by atomic mass is 9.92. The first-order valence-corrected chi connectivity index (χ1v) is 8.30. The number of benzene rings is 2. The van der Waals surface area contributed by atoms with Gasteiger partial charge in [-0.3, -0.25) is 9.78 Å². The highest BCUT2D eigenvalue weighted by Gasteiger charge is 2.17. The van der Waals surface area contributed by atoms with E-state index in [1.54, 1.807) is 0 Å². The van der Waals surface area contributed by atoms with Crippen molar-refractivity contribution < 1.29 is 4.79 Å². The van der Waals surface area contributed by atoms with Crippen molar-refractivity contribution in [2.24, 2.45) is 0 Å². The summed E-state index contributed by atoms with van der Waals surface area (Å²) in [6.45, 7) is 0. The predicted molar refractivity (Wildman–Crippen MR) is 97.2 cm³/mol. The number of nitrogens with zero attached hydrogens (tertiary/aromatic N) is 1. The Morgan fingerprint density at radius 3 is 2.67 bits per heavy atom. The molecule has 120 valence electrons. The van der Waals surface area contributed by atoms with Gasteiger partial charge in [0.05, 0.1) is 5.52 Å². The van der Waals surface area contributed by atoms with E-state index in [4.69, 9.17) is 10.7 Å². The predicted octanol–water partition coefficient (Wildman–Crippen LogP) is 3.95. The maximum atomic E-state index is 12.5. The molecule has 0 fully saturated rings. The van der Waals surface area contributed by atoms with E-state index in [0.717, 1.165) is 52.8 Å². The van der Waals surface area contributed by atoms with Gasteiger partial charge in [-0.2, -0.15) is 0 Å². The van der Waals surface area contributed by atoms with E-state index < -0.39 is 0 Å². The molecule has 0 saturated carbocycles. The summed E-state index contributed by atoms with van der Waals surface area (Å²) >= 11 is 0. The molecule has 0 spiro atoms. The van der Waals surface area contributed by atoms with E-state index >= 15 is 0 Å². The van der Waals surface area contributed by atoms with Crippen LogP contribution < -0.4 is 11.1 Å². The largest absolute Gasteiger partial charge is 0.398 e. The first kappa shape index (κ1) is 14.7. The molecule has 4 rings (SSSR count). The minimum absolute atomic E-state index is 0.139. The Labute approximate surface area is 140 Å². The third-order valence-electron chi connectivity index (χ3n) is 4.60. The zero-order valence-electron chi connectivity index (χ0n) is 13.4. The van der Waals surface area contributed by atoms with Gasteiger partial charge in [-0.1, -0.05) is 18.2 Å². The Morgan fingerprint density at radius 2 is 1.83 bits per heavy atom. The second-order valence-electron chi connectivity index (χ2n) is 6.21. The standard InChI is InChI=1S/C20H19N3O/c21-19-15-8-4-5-9-17(15)23-18-11-10-13(12-16(18)19)20(24)22-14-6-2-1-3-7-14/h1-3,6-7,10-12H,4-5,8-9H2,(H2,21,23)(H,22,24). The summed E-state index contributed by atoms with van der Waals surface area (Å²) in [4.78, 5) is 17.2. The summed E-state index contributed by atoms with van der Waals surface area (Å²) in [7, 11) is 0. The molecular weight excluding hydrogens is 298 g/mol. The zero-order chi connectivity index (χ0) is 16.5. The minimum Gasteiger partial charge on any atom is -0.398 e. The van der Waals surface area contributed by atoms with Crippen LogP contribution in [0.2, 0.25) is 0 Å². The number of nitrogens with one attached hydrogen (secondary N) is 1. The molecule has 1 amide bonds. The molecule has 0 bridgehead atoms. The van der Waals surface area contributed by atoms with Crippen molar-refractivity contribution in [3.8, 4) is 0 Å². The van der Waals surface area contributed by atoms with E-state index in [1.165, 1.54) is 6.42 Å². The van der Waals surface area contributed by atoms with E-state index in [2.05, 4.69) is 5.32 Å². The lowest BCUT2D eigenvalue weighted by Crippen LogP contribution is -2.13. The van der Waals surface area contributed by atoms with Crippen molar-refractivity contribution in [1.29, 1.82) is 0 Å². The van der Waals surface area contributed by atoms with Gasteiger partial charge in [-0.05, 0) is 61.6 Å². The number of carbonyl (C=O) groups is 1. The van der Waals surface area contributed by atoms with Crippen molar-refractivity contribution in [3.05, 3.63) is 65.4 Å². The summed E-state index contributed by atoms with van der Waals surface area (Å²) in [5.74, 6) is -0.139. The summed E-state index contributed by atoms with van der Waals surface area (Å²) in [6, 6.07) is 15.0. The minimum atomic E-state index is -0.139. The third kappa shape index (κ3) is 2.60. The average molecular weight is 317 g/mol. The Hall–Kier alpha value is -2.88. The Bertz CT molecular complexity index is 919. The molecule has 0 radical (unpaired) electrons. The molecule has 3 aromatic rings. The molecule has 1 heterocycles. The Morgan fingerprint density at radius 1 is 1.04 bits per heavy atom. The van der Waals surface area contributed by atoms with Gasteiger partial charge >= 0.3 is 0 Å². The van der Waals surface area contributed by atoms with E-state index in [1.807, 2.05) is 48.5 Å². The molecule has 1 aliphatic rings. The molecular formula is C20H19N3O. The second kappa shape index (κ2) is 5.96. The number of fused-ring (bicyclic) bond motifs is 2. The fourth-order valence-electron chi connectivity index (χ4n) is 3.33. The average Bonchev–Trinajstić information content (AvgIpc) is 2.62. The van der Waals surface area contributed by atoms with Gasteiger partial charge in [0.1, 0.15) is 0 Å². The fraction of sp³-hybridized carbons (Fsp3) is 0.200. The van der Waals surface area contributed by atoms with Crippen LogP contribution >= 0.6 is 0 Å². The number of aromatic nitrogens is 1. The number of hydrogen-bond donors (Lipinski definition) is 2. The maximum absolute atomic E-state index is 12.5. The van der Waals surface area contributed by atoms with Crippen molar-refractivity contribution in [2.45, 2.75) is 25.7 Å². The molecule has 0 aliphatic heterocycles. The topological polar surface area (TPSA) is 68.0 Å². The van der Waals surface area contributed by atoms with Gasteiger partial charge in [-0.15, -0.1) is 0 Å². The highest BCUT2D eigenvalue weighted by Crippen LogP contribution is 2.31. The van der Waals surface area contributed by atoms with Gasteiger partial charge < -0.3 is 11.1 Å². The third-order valence-corrected chi connectivity index (χ3v) is 4.60. The van der Waals surface area contributed by atoms with Crippen LogP contribution in [-0.4, -0.2) is 10.9 Å². The lowest BCUT2D eigenvalue weighted by molar-refractivity contribution is 0.102. The van der Waals surface area contributed by atoms with Crippen LogP contribution in [0.3, 0.4) is 0 Å². The number of carbonyl (C=O) groups excluding carboxylic acids is 1. The molecule has 0 saturated heterocycles. The number of amides is 1. The smallest absolute Gasteiger partial charge is 0.255 e. The van der Waals surface area contributed by atoms with Crippen molar-refractivity contribution >= 4 is 28.2 Å². The van der Waals surface area contributed by atoms with Gasteiger partial charge in [0.2, 0.25) is 0 Å². The highest BCUT2D eigenvalue weighted by atomic mass is 16.1. The SMILES string of the molecule is Nc1c2c(nc3ccc(C(=O)Nc4ccccc4)cc13)CCCC2. The normalized spacial score (nSPS) is 13.5. The number of nitrogens with two attached hydrogens (primary N) is 1. The number of hydrogen-bond acceptors (Lipinski definition) is 3. The quantitative estimate of drug-likeness (QED) is 0.752. The van der Waals surface area contributed by atoms with Crippen LogP contribution in [0.15, 0.2) is 48.5 Å². The first-order valence-electron chi connectivity index (χ1n) is 8.30. The molecule has 4 heteroatoms. The van der Waals surface area contributed by atoms with E-state index in [-0.39, 0.29) is 5.91 Å². The molecule has 2 aromatic carbocycles. The number of para-hydroxylation sites is 1. The van der Waals surface area contributed by atoms with Crippen LogP contribution in [0, 0.1) is 0 Å². The molecule has 1 aromatic heterocycles. The fourth-order valence-corrected chi connectivity index (χ4v) is 3.33. The van der Waals surface area contributed by atoms with Gasteiger partial charge in [0, 0.05) is 28.0 Å². The van der Waals surface area contributed by atoms with Crippen molar-refractivity contribution in [1.82, 2.24) is 4.98 Å². The molecule has 3 N–H and O–H groups in total. The van der Waals surface area contributed by atoms with Crippen LogP contribution in [0.25, 0.3) is 10.9 Å². The first-order chi connectivity index (χ1) is 11.7. The van der Waals surface area contributed by atoms with Crippen LogP contribution in [0.1, 0.15) is 34.5 Å². The summed E-state index contributed by atoms with van der Waals surface area (Å²) < 4.78 is 0. The summed E-state index contributed by atoms with van der Waals surface area (Å²) in [5, 5.41) is 3.78. The van der Waals surface area contributed by atoms with Crippen LogP contribution in [0.4, 0.5) is 11.4 Å². The van der Waals surface area contributed by atoms with Crippen LogP contribution in [-0.2, 0) is 12.8 Å². The van der Waals surface area contributed by atoms with Gasteiger partial charge in [0.15, 0.2) is 0 Å². The second-order valence-corrected chi connectivity index (χ2v) is 6.21. The molecule has 1 aliphatic carbocycles. The number of pyridine rings is 1. The van der Waals surface area contributed by atoms with Crippen molar-refractivity contribution in [3.63, 3.8) is 0 Å². The number of nitrogen functional groups attached to an aromatic ring is 1. The lowest BCUT2D eigenvalue weighted by Gasteiger charge is -2.18.